The Balaban J connectivity index is 1.56. The molecule has 2 unspecified atom stereocenters. The van der Waals surface area contributed by atoms with Crippen LogP contribution in [0.3, 0.4) is 0 Å². The fraction of sp³-hybridized carbons (Fsp3) is 0.765. The van der Waals surface area contributed by atoms with Crippen molar-refractivity contribution in [1.82, 2.24) is 15.1 Å². The van der Waals surface area contributed by atoms with Gasteiger partial charge in [-0.1, -0.05) is 20.8 Å². The predicted octanol–water partition coefficient (Wildman–Crippen LogP) is 2.91. The molecule has 1 N–H and O–H groups in total. The van der Waals surface area contributed by atoms with Crippen LogP contribution in [0.4, 0.5) is 0 Å². The number of hydrogen-bond donors (Lipinski definition) is 1. The number of hydrogen-bond acceptors (Lipinski definition) is 2. The molecule has 3 rings (SSSR count). The normalized spacial score (nSPS) is 27.4. The first-order chi connectivity index (χ1) is 9.93. The summed E-state index contributed by atoms with van der Waals surface area (Å²) in [5.41, 5.74) is 2.60. The molecule has 0 saturated heterocycles. The molecular weight excluding hydrogens is 262 g/mol. The Bertz CT molecular complexity index is 511. The molecule has 0 bridgehead atoms. The van der Waals surface area contributed by atoms with Crippen molar-refractivity contribution in [3.8, 4) is 0 Å². The van der Waals surface area contributed by atoms with E-state index in [0.29, 0.717) is 12.5 Å². The van der Waals surface area contributed by atoms with Crippen molar-refractivity contribution in [2.24, 2.45) is 17.3 Å². The minimum absolute atomic E-state index is 0.165. The third-order valence-corrected chi connectivity index (χ3v) is 4.92. The van der Waals surface area contributed by atoms with Gasteiger partial charge in [0.1, 0.15) is 0 Å². The van der Waals surface area contributed by atoms with Gasteiger partial charge >= 0.3 is 0 Å². The van der Waals surface area contributed by atoms with Gasteiger partial charge < -0.3 is 5.32 Å². The first-order valence-electron chi connectivity index (χ1n) is 8.26. The highest BCUT2D eigenvalue weighted by atomic mass is 16.1. The molecule has 0 radical (unpaired) electrons. The van der Waals surface area contributed by atoms with E-state index in [1.54, 1.807) is 0 Å². The van der Waals surface area contributed by atoms with Crippen LogP contribution in [0, 0.1) is 17.3 Å². The van der Waals surface area contributed by atoms with Crippen molar-refractivity contribution in [3.63, 3.8) is 0 Å². The minimum atomic E-state index is 0.165. The van der Waals surface area contributed by atoms with E-state index in [0.717, 1.165) is 31.5 Å². The Hall–Kier alpha value is -1.32. The molecule has 2 heterocycles. The number of aromatic nitrogens is 2. The van der Waals surface area contributed by atoms with Crippen LogP contribution in [-0.4, -0.2) is 15.7 Å². The summed E-state index contributed by atoms with van der Waals surface area (Å²) in [7, 11) is 0. The van der Waals surface area contributed by atoms with Crippen LogP contribution in [0.1, 0.15) is 57.8 Å². The number of fused-ring (bicyclic) bond motifs is 1. The lowest BCUT2D eigenvalue weighted by Crippen LogP contribution is -2.38. The molecule has 1 saturated carbocycles. The van der Waals surface area contributed by atoms with E-state index < -0.39 is 0 Å². The van der Waals surface area contributed by atoms with Gasteiger partial charge in [0, 0.05) is 18.2 Å². The lowest BCUT2D eigenvalue weighted by atomic mass is 9.68. The molecule has 21 heavy (non-hydrogen) atoms. The number of rotatable bonds is 3. The summed E-state index contributed by atoms with van der Waals surface area (Å²) in [6.45, 7) is 8.43. The van der Waals surface area contributed by atoms with E-state index >= 15 is 0 Å². The fourth-order valence-electron chi connectivity index (χ4n) is 4.27. The maximum absolute atomic E-state index is 12.4. The van der Waals surface area contributed by atoms with Crippen molar-refractivity contribution in [2.75, 3.05) is 0 Å². The van der Waals surface area contributed by atoms with Crippen LogP contribution in [0.5, 0.6) is 0 Å². The van der Waals surface area contributed by atoms with Crippen LogP contribution in [0.15, 0.2) is 6.07 Å². The van der Waals surface area contributed by atoms with E-state index in [1.165, 1.54) is 18.5 Å². The third kappa shape index (κ3) is 3.30. The number of carbonyl (C=O) groups is 1. The van der Waals surface area contributed by atoms with Gasteiger partial charge in [-0.3, -0.25) is 9.48 Å². The van der Waals surface area contributed by atoms with Crippen LogP contribution in [-0.2, 0) is 24.3 Å². The summed E-state index contributed by atoms with van der Waals surface area (Å²) in [6, 6.07) is 2.14. The highest BCUT2D eigenvalue weighted by Crippen LogP contribution is 2.41. The van der Waals surface area contributed by atoms with Gasteiger partial charge in [-0.2, -0.15) is 5.10 Å². The summed E-state index contributed by atoms with van der Waals surface area (Å²) >= 11 is 0. The molecule has 1 amide bonds. The van der Waals surface area contributed by atoms with Crippen molar-refractivity contribution in [2.45, 2.75) is 66.0 Å². The summed E-state index contributed by atoms with van der Waals surface area (Å²) in [5, 5.41) is 7.65. The van der Waals surface area contributed by atoms with Crippen LogP contribution >= 0.6 is 0 Å². The van der Waals surface area contributed by atoms with Gasteiger partial charge in [0.15, 0.2) is 0 Å². The summed E-state index contributed by atoms with van der Waals surface area (Å²) in [6.07, 6.45) is 5.57. The Kier molecular flexibility index (Phi) is 3.80. The topological polar surface area (TPSA) is 46.9 Å². The molecule has 1 aromatic heterocycles. The average Bonchev–Trinajstić information content (AvgIpc) is 2.93. The second-order valence-electron chi connectivity index (χ2n) is 7.78. The Labute approximate surface area is 127 Å². The quantitative estimate of drug-likeness (QED) is 0.930. The summed E-state index contributed by atoms with van der Waals surface area (Å²) in [5.74, 6) is 1.02. The average molecular weight is 289 g/mol. The Morgan fingerprint density at radius 2 is 2.29 bits per heavy atom. The van der Waals surface area contributed by atoms with E-state index in [2.05, 4.69) is 41.9 Å². The van der Waals surface area contributed by atoms with E-state index in [4.69, 9.17) is 0 Å². The zero-order valence-corrected chi connectivity index (χ0v) is 13.5. The summed E-state index contributed by atoms with van der Waals surface area (Å²) in [4.78, 5) is 12.4. The molecule has 2 aliphatic rings. The van der Waals surface area contributed by atoms with Gasteiger partial charge in [0.25, 0.3) is 0 Å². The predicted molar refractivity (Wildman–Crippen MR) is 82.7 cm³/mol. The van der Waals surface area contributed by atoms with Crippen molar-refractivity contribution >= 4 is 5.91 Å². The first kappa shape index (κ1) is 14.6. The third-order valence-electron chi connectivity index (χ3n) is 4.92. The molecule has 0 aromatic carbocycles. The maximum Gasteiger partial charge on any atom is 0.223 e. The van der Waals surface area contributed by atoms with E-state index in [9.17, 15) is 4.79 Å². The molecule has 4 nitrogen and oxygen atoms in total. The molecule has 2 atom stereocenters. The highest BCUT2D eigenvalue weighted by molar-refractivity contribution is 5.78. The first-order valence-corrected chi connectivity index (χ1v) is 8.26. The lowest BCUT2D eigenvalue weighted by Gasteiger charge is -2.38. The molecule has 116 valence electrons. The van der Waals surface area contributed by atoms with Gasteiger partial charge in [-0.15, -0.1) is 0 Å². The molecule has 4 heteroatoms. The Morgan fingerprint density at radius 1 is 1.48 bits per heavy atom. The molecule has 1 aromatic rings. The lowest BCUT2D eigenvalue weighted by molar-refractivity contribution is -0.128. The Morgan fingerprint density at radius 3 is 3.00 bits per heavy atom. The highest BCUT2D eigenvalue weighted by Gasteiger charge is 2.35. The van der Waals surface area contributed by atoms with Crippen LogP contribution in [0.2, 0.25) is 0 Å². The van der Waals surface area contributed by atoms with Gasteiger partial charge in [0.05, 0.1) is 12.2 Å². The van der Waals surface area contributed by atoms with Crippen molar-refractivity contribution in [3.05, 3.63) is 17.5 Å². The van der Waals surface area contributed by atoms with Gasteiger partial charge in [-0.25, -0.2) is 0 Å². The van der Waals surface area contributed by atoms with Crippen molar-refractivity contribution < 1.29 is 4.79 Å². The number of aryl methyl sites for hydroxylation is 2. The zero-order valence-electron chi connectivity index (χ0n) is 13.5. The number of nitrogens with zero attached hydrogens (tertiary/aromatic N) is 2. The standard InChI is InChI=1S/C17H27N3O/c1-12-7-13(10-17(2,3)9-12)16(21)18-11-14-8-15-5-4-6-20(15)19-14/h8,12-13H,4-7,9-11H2,1-3H3,(H,18,21). The van der Waals surface area contributed by atoms with Crippen LogP contribution < -0.4 is 5.32 Å². The molecule has 1 aliphatic heterocycles. The van der Waals surface area contributed by atoms with Crippen LogP contribution in [0.25, 0.3) is 0 Å². The smallest absolute Gasteiger partial charge is 0.223 e. The number of carbonyl (C=O) groups excluding carboxylic acids is 1. The second kappa shape index (κ2) is 5.47. The van der Waals surface area contributed by atoms with Gasteiger partial charge in [-0.05, 0) is 49.5 Å². The molecular formula is C17H27N3O. The molecule has 0 spiro atoms. The fourth-order valence-corrected chi connectivity index (χ4v) is 4.27. The second-order valence-corrected chi connectivity index (χ2v) is 7.78. The maximum atomic E-state index is 12.4. The largest absolute Gasteiger partial charge is 0.350 e. The zero-order chi connectivity index (χ0) is 15.0. The SMILES string of the molecule is CC1CC(C(=O)NCc2cc3n(n2)CCC3)CC(C)(C)C1. The number of nitrogens with one attached hydrogen (secondary N) is 1. The minimum Gasteiger partial charge on any atom is -0.350 e. The molecule has 1 aliphatic carbocycles. The summed E-state index contributed by atoms with van der Waals surface area (Å²) < 4.78 is 2.08. The van der Waals surface area contributed by atoms with E-state index in [1.807, 2.05) is 0 Å². The molecule has 1 fully saturated rings. The van der Waals surface area contributed by atoms with Gasteiger partial charge in [0.2, 0.25) is 5.91 Å². The van der Waals surface area contributed by atoms with Crippen molar-refractivity contribution in [1.29, 1.82) is 0 Å². The van der Waals surface area contributed by atoms with E-state index in [-0.39, 0.29) is 17.2 Å². The monoisotopic (exact) mass is 289 g/mol. The number of amides is 1.